The number of aryl methyl sites for hydroxylation is 1. The van der Waals surface area contributed by atoms with Crippen LogP contribution in [0, 0.1) is 12.8 Å². The maximum absolute atomic E-state index is 12.2. The second-order valence-corrected chi connectivity index (χ2v) is 7.30. The lowest BCUT2D eigenvalue weighted by atomic mass is 9.99. The van der Waals surface area contributed by atoms with Gasteiger partial charge in [0.2, 0.25) is 0 Å². The Kier molecular flexibility index (Phi) is 6.65. The summed E-state index contributed by atoms with van der Waals surface area (Å²) in [6.07, 6.45) is 2.06. The average molecular weight is 373 g/mol. The SMILES string of the molecule is CCC(CC)COC(=O)c1ccc(-c2ccc(-c3ccc(C)cc3)cc2)cc1. The lowest BCUT2D eigenvalue weighted by molar-refractivity contribution is 0.0433. The van der Waals surface area contributed by atoms with Gasteiger partial charge in [-0.1, -0.05) is 92.9 Å². The summed E-state index contributed by atoms with van der Waals surface area (Å²) in [4.78, 5) is 12.2. The summed E-state index contributed by atoms with van der Waals surface area (Å²) in [5.74, 6) is 0.198. The van der Waals surface area contributed by atoms with E-state index in [2.05, 4.69) is 69.3 Å². The number of benzene rings is 3. The molecule has 144 valence electrons. The molecule has 0 N–H and O–H groups in total. The van der Waals surface area contributed by atoms with Crippen LogP contribution in [0.25, 0.3) is 22.3 Å². The van der Waals surface area contributed by atoms with Crippen LogP contribution in [0.2, 0.25) is 0 Å². The van der Waals surface area contributed by atoms with Crippen LogP contribution in [0.3, 0.4) is 0 Å². The van der Waals surface area contributed by atoms with E-state index in [9.17, 15) is 4.79 Å². The Morgan fingerprint density at radius 1 is 0.714 bits per heavy atom. The third kappa shape index (κ3) is 4.89. The molecule has 0 unspecified atom stereocenters. The standard InChI is InChI=1S/C26H28O2/c1-4-20(5-2)18-28-26(27)25-16-14-24(15-17-25)23-12-10-22(11-13-23)21-8-6-19(3)7-9-21/h6-17,20H,4-5,18H2,1-3H3. The molecule has 0 amide bonds. The molecule has 3 aromatic carbocycles. The van der Waals surface area contributed by atoms with E-state index in [0.29, 0.717) is 18.1 Å². The fourth-order valence-corrected chi connectivity index (χ4v) is 3.20. The summed E-state index contributed by atoms with van der Waals surface area (Å²) in [5, 5.41) is 0. The molecule has 0 aromatic heterocycles. The molecular weight excluding hydrogens is 344 g/mol. The van der Waals surface area contributed by atoms with Gasteiger partial charge in [0.15, 0.2) is 0 Å². The molecule has 0 radical (unpaired) electrons. The molecule has 0 saturated carbocycles. The van der Waals surface area contributed by atoms with Gasteiger partial charge in [0.1, 0.15) is 0 Å². The highest BCUT2D eigenvalue weighted by molar-refractivity contribution is 5.90. The van der Waals surface area contributed by atoms with Crippen molar-refractivity contribution in [2.24, 2.45) is 5.92 Å². The number of carbonyl (C=O) groups excluding carboxylic acids is 1. The molecule has 28 heavy (non-hydrogen) atoms. The van der Waals surface area contributed by atoms with Crippen molar-refractivity contribution in [1.29, 1.82) is 0 Å². The van der Waals surface area contributed by atoms with E-state index < -0.39 is 0 Å². The Morgan fingerprint density at radius 3 is 1.54 bits per heavy atom. The van der Waals surface area contributed by atoms with Crippen LogP contribution in [0.15, 0.2) is 72.8 Å². The summed E-state index contributed by atoms with van der Waals surface area (Å²) in [5.41, 5.74) is 6.50. The Morgan fingerprint density at radius 2 is 1.11 bits per heavy atom. The van der Waals surface area contributed by atoms with Crippen molar-refractivity contribution in [2.75, 3.05) is 6.61 Å². The van der Waals surface area contributed by atoms with Gasteiger partial charge in [0, 0.05) is 0 Å². The molecule has 0 heterocycles. The maximum atomic E-state index is 12.2. The lowest BCUT2D eigenvalue weighted by Gasteiger charge is -2.12. The molecule has 0 fully saturated rings. The van der Waals surface area contributed by atoms with Gasteiger partial charge in [-0.25, -0.2) is 4.79 Å². The number of rotatable bonds is 7. The fraction of sp³-hybridized carbons (Fsp3) is 0.269. The highest BCUT2D eigenvalue weighted by Crippen LogP contribution is 2.25. The minimum Gasteiger partial charge on any atom is -0.462 e. The molecule has 0 saturated heterocycles. The zero-order valence-electron chi connectivity index (χ0n) is 16.9. The highest BCUT2D eigenvalue weighted by atomic mass is 16.5. The van der Waals surface area contributed by atoms with Gasteiger partial charge in [0.05, 0.1) is 12.2 Å². The second-order valence-electron chi connectivity index (χ2n) is 7.30. The number of hydrogen-bond donors (Lipinski definition) is 0. The minimum atomic E-state index is -0.242. The number of carbonyl (C=O) groups is 1. The zero-order chi connectivity index (χ0) is 19.9. The second kappa shape index (κ2) is 9.36. The van der Waals surface area contributed by atoms with Gasteiger partial charge in [-0.15, -0.1) is 0 Å². The van der Waals surface area contributed by atoms with Crippen molar-refractivity contribution < 1.29 is 9.53 Å². The first-order valence-electron chi connectivity index (χ1n) is 10.0. The predicted octanol–water partition coefficient (Wildman–Crippen LogP) is 6.92. The maximum Gasteiger partial charge on any atom is 0.338 e. The third-order valence-electron chi connectivity index (χ3n) is 5.33. The molecule has 0 aliphatic rings. The first-order chi connectivity index (χ1) is 13.6. The van der Waals surface area contributed by atoms with Crippen molar-refractivity contribution >= 4 is 5.97 Å². The van der Waals surface area contributed by atoms with E-state index in [4.69, 9.17) is 4.74 Å². The zero-order valence-corrected chi connectivity index (χ0v) is 16.9. The summed E-state index contributed by atoms with van der Waals surface area (Å²) < 4.78 is 5.45. The van der Waals surface area contributed by atoms with Gasteiger partial charge < -0.3 is 4.74 Å². The van der Waals surface area contributed by atoms with Gasteiger partial charge in [-0.05, 0) is 47.2 Å². The lowest BCUT2D eigenvalue weighted by Crippen LogP contribution is -2.13. The Balaban J connectivity index is 1.67. The van der Waals surface area contributed by atoms with E-state index in [1.807, 2.05) is 24.3 Å². The molecule has 0 atom stereocenters. The van der Waals surface area contributed by atoms with Crippen LogP contribution in [0.1, 0.15) is 42.6 Å². The Bertz CT molecular complexity index is 887. The van der Waals surface area contributed by atoms with Crippen LogP contribution < -0.4 is 0 Å². The van der Waals surface area contributed by atoms with Gasteiger partial charge >= 0.3 is 5.97 Å². The van der Waals surface area contributed by atoms with Crippen LogP contribution in [0.4, 0.5) is 0 Å². The molecular formula is C26H28O2. The molecule has 0 aliphatic carbocycles. The molecule has 0 bridgehead atoms. The van der Waals surface area contributed by atoms with Crippen LogP contribution in [-0.4, -0.2) is 12.6 Å². The summed E-state index contributed by atoms with van der Waals surface area (Å²) in [6.45, 7) is 6.84. The topological polar surface area (TPSA) is 26.3 Å². The number of hydrogen-bond acceptors (Lipinski definition) is 2. The highest BCUT2D eigenvalue weighted by Gasteiger charge is 2.11. The Labute approximate surface area is 168 Å². The number of esters is 1. The van der Waals surface area contributed by atoms with Crippen molar-refractivity contribution in [3.05, 3.63) is 83.9 Å². The fourth-order valence-electron chi connectivity index (χ4n) is 3.20. The molecule has 3 aromatic rings. The van der Waals surface area contributed by atoms with E-state index in [-0.39, 0.29) is 5.97 Å². The van der Waals surface area contributed by atoms with Gasteiger partial charge in [-0.3, -0.25) is 0 Å². The molecule has 0 aliphatic heterocycles. The van der Waals surface area contributed by atoms with Gasteiger partial charge in [0.25, 0.3) is 0 Å². The van der Waals surface area contributed by atoms with Crippen molar-refractivity contribution in [3.8, 4) is 22.3 Å². The van der Waals surface area contributed by atoms with E-state index in [1.165, 1.54) is 16.7 Å². The normalized spacial score (nSPS) is 10.9. The predicted molar refractivity (Wildman–Crippen MR) is 116 cm³/mol. The number of ether oxygens (including phenoxy) is 1. The van der Waals surface area contributed by atoms with E-state index in [1.54, 1.807) is 0 Å². The first kappa shape index (κ1) is 19.9. The summed E-state index contributed by atoms with van der Waals surface area (Å²) >= 11 is 0. The smallest absolute Gasteiger partial charge is 0.338 e. The molecule has 2 heteroatoms. The minimum absolute atomic E-state index is 0.242. The van der Waals surface area contributed by atoms with Crippen LogP contribution in [-0.2, 0) is 4.74 Å². The van der Waals surface area contributed by atoms with Crippen molar-refractivity contribution in [2.45, 2.75) is 33.6 Å². The monoisotopic (exact) mass is 372 g/mol. The Hall–Kier alpha value is -2.87. The van der Waals surface area contributed by atoms with Crippen LogP contribution >= 0.6 is 0 Å². The molecule has 0 spiro atoms. The largest absolute Gasteiger partial charge is 0.462 e. The van der Waals surface area contributed by atoms with E-state index >= 15 is 0 Å². The van der Waals surface area contributed by atoms with Gasteiger partial charge in [-0.2, -0.15) is 0 Å². The van der Waals surface area contributed by atoms with Crippen molar-refractivity contribution in [3.63, 3.8) is 0 Å². The summed E-state index contributed by atoms with van der Waals surface area (Å²) in [6, 6.07) is 24.7. The molecule has 2 nitrogen and oxygen atoms in total. The van der Waals surface area contributed by atoms with Crippen molar-refractivity contribution in [1.82, 2.24) is 0 Å². The first-order valence-corrected chi connectivity index (χ1v) is 10.0. The van der Waals surface area contributed by atoms with Crippen LogP contribution in [0.5, 0.6) is 0 Å². The third-order valence-corrected chi connectivity index (χ3v) is 5.33. The average Bonchev–Trinajstić information content (AvgIpc) is 2.75. The molecule has 3 rings (SSSR count). The van der Waals surface area contributed by atoms with E-state index in [0.717, 1.165) is 24.0 Å². The quantitative estimate of drug-likeness (QED) is 0.421. The summed E-state index contributed by atoms with van der Waals surface area (Å²) in [7, 11) is 0.